The van der Waals surface area contributed by atoms with Gasteiger partial charge in [0.25, 0.3) is 0 Å². The van der Waals surface area contributed by atoms with E-state index in [2.05, 4.69) is 24.1 Å². The fourth-order valence-corrected chi connectivity index (χ4v) is 4.30. The summed E-state index contributed by atoms with van der Waals surface area (Å²) in [5.41, 5.74) is 1.36. The number of nitrogens with zero attached hydrogens (tertiary/aromatic N) is 2. The Morgan fingerprint density at radius 1 is 1.32 bits per heavy atom. The molecule has 0 bridgehead atoms. The summed E-state index contributed by atoms with van der Waals surface area (Å²) in [5, 5.41) is 4.89. The van der Waals surface area contributed by atoms with E-state index in [1.807, 2.05) is 11.3 Å². The van der Waals surface area contributed by atoms with Crippen molar-refractivity contribution in [3.63, 3.8) is 0 Å². The molecule has 0 radical (unpaired) electrons. The van der Waals surface area contributed by atoms with Crippen molar-refractivity contribution in [2.24, 2.45) is 0 Å². The molecule has 1 heterocycles. The van der Waals surface area contributed by atoms with E-state index in [0.29, 0.717) is 6.04 Å². The SMILES string of the molecule is CCCN(c1nc2c(s1)CCCC2NCC)C1CC1. The van der Waals surface area contributed by atoms with Crippen molar-refractivity contribution in [2.75, 3.05) is 18.0 Å². The molecule has 3 rings (SSSR count). The quantitative estimate of drug-likeness (QED) is 0.863. The Morgan fingerprint density at radius 2 is 2.16 bits per heavy atom. The van der Waals surface area contributed by atoms with Crippen LogP contribution in [0.5, 0.6) is 0 Å². The summed E-state index contributed by atoms with van der Waals surface area (Å²) in [7, 11) is 0. The molecule has 1 fully saturated rings. The van der Waals surface area contributed by atoms with Crippen LogP contribution >= 0.6 is 11.3 Å². The molecular formula is C15H25N3S. The molecule has 19 heavy (non-hydrogen) atoms. The second kappa shape index (κ2) is 5.80. The Balaban J connectivity index is 1.83. The monoisotopic (exact) mass is 279 g/mol. The molecule has 106 valence electrons. The first-order valence-electron chi connectivity index (χ1n) is 7.83. The average molecular weight is 279 g/mol. The second-order valence-electron chi connectivity index (χ2n) is 5.73. The van der Waals surface area contributed by atoms with E-state index < -0.39 is 0 Å². The number of aryl methyl sites for hydroxylation is 1. The van der Waals surface area contributed by atoms with Crippen LogP contribution in [0.2, 0.25) is 0 Å². The summed E-state index contributed by atoms with van der Waals surface area (Å²) in [6.45, 7) is 6.67. The third-order valence-corrected chi connectivity index (χ3v) is 5.26. The zero-order valence-corrected chi connectivity index (χ0v) is 12.9. The van der Waals surface area contributed by atoms with E-state index >= 15 is 0 Å². The van der Waals surface area contributed by atoms with Gasteiger partial charge in [-0.3, -0.25) is 0 Å². The second-order valence-corrected chi connectivity index (χ2v) is 6.79. The van der Waals surface area contributed by atoms with Crippen LogP contribution in [-0.2, 0) is 6.42 Å². The number of hydrogen-bond donors (Lipinski definition) is 1. The molecule has 0 aliphatic heterocycles. The summed E-state index contributed by atoms with van der Waals surface area (Å²) >= 11 is 1.96. The van der Waals surface area contributed by atoms with Crippen LogP contribution in [0.4, 0.5) is 5.13 Å². The molecule has 1 unspecified atom stereocenters. The first-order valence-corrected chi connectivity index (χ1v) is 8.64. The fourth-order valence-electron chi connectivity index (χ4n) is 3.04. The Bertz CT molecular complexity index is 425. The highest BCUT2D eigenvalue weighted by atomic mass is 32.1. The fraction of sp³-hybridized carbons (Fsp3) is 0.800. The van der Waals surface area contributed by atoms with Crippen molar-refractivity contribution in [3.05, 3.63) is 10.6 Å². The van der Waals surface area contributed by atoms with Gasteiger partial charge in [-0.25, -0.2) is 4.98 Å². The van der Waals surface area contributed by atoms with Crippen molar-refractivity contribution in [1.82, 2.24) is 10.3 Å². The van der Waals surface area contributed by atoms with Crippen LogP contribution < -0.4 is 10.2 Å². The third-order valence-electron chi connectivity index (χ3n) is 4.09. The van der Waals surface area contributed by atoms with Crippen LogP contribution in [-0.4, -0.2) is 24.1 Å². The maximum atomic E-state index is 5.01. The van der Waals surface area contributed by atoms with E-state index in [1.54, 1.807) is 0 Å². The molecule has 0 spiro atoms. The lowest BCUT2D eigenvalue weighted by Gasteiger charge is -2.22. The van der Waals surface area contributed by atoms with Gasteiger partial charge in [0.15, 0.2) is 5.13 Å². The lowest BCUT2D eigenvalue weighted by molar-refractivity contribution is 0.465. The van der Waals surface area contributed by atoms with E-state index in [1.165, 1.54) is 60.8 Å². The molecule has 1 aromatic heterocycles. The van der Waals surface area contributed by atoms with Crippen molar-refractivity contribution in [1.29, 1.82) is 0 Å². The number of nitrogens with one attached hydrogen (secondary N) is 1. The normalized spacial score (nSPS) is 22.3. The molecule has 1 aromatic rings. The summed E-state index contributed by atoms with van der Waals surface area (Å²) in [6, 6.07) is 1.28. The molecule has 1 atom stereocenters. The van der Waals surface area contributed by atoms with Crippen molar-refractivity contribution >= 4 is 16.5 Å². The highest BCUT2D eigenvalue weighted by Crippen LogP contribution is 2.40. The third kappa shape index (κ3) is 2.79. The van der Waals surface area contributed by atoms with Crippen LogP contribution in [0.1, 0.15) is 62.6 Å². The minimum absolute atomic E-state index is 0.501. The molecule has 0 aromatic carbocycles. The number of fused-ring (bicyclic) bond motifs is 1. The van der Waals surface area contributed by atoms with E-state index in [9.17, 15) is 0 Å². The van der Waals surface area contributed by atoms with E-state index in [-0.39, 0.29) is 0 Å². The molecule has 1 N–H and O–H groups in total. The zero-order valence-electron chi connectivity index (χ0n) is 12.1. The molecule has 1 saturated carbocycles. The van der Waals surface area contributed by atoms with Crippen molar-refractivity contribution in [3.8, 4) is 0 Å². The van der Waals surface area contributed by atoms with E-state index in [0.717, 1.165) is 12.6 Å². The number of anilines is 1. The van der Waals surface area contributed by atoms with Gasteiger partial charge in [-0.2, -0.15) is 0 Å². The van der Waals surface area contributed by atoms with Gasteiger partial charge in [0.1, 0.15) is 0 Å². The molecule has 2 aliphatic carbocycles. The Kier molecular flexibility index (Phi) is 4.08. The molecule has 0 saturated heterocycles. The van der Waals surface area contributed by atoms with Crippen LogP contribution in [0.3, 0.4) is 0 Å². The average Bonchev–Trinajstić information content (AvgIpc) is 3.15. The smallest absolute Gasteiger partial charge is 0.186 e. The predicted molar refractivity (Wildman–Crippen MR) is 82.1 cm³/mol. The maximum absolute atomic E-state index is 5.01. The highest BCUT2D eigenvalue weighted by Gasteiger charge is 2.32. The lowest BCUT2D eigenvalue weighted by atomic mass is 9.98. The van der Waals surface area contributed by atoms with Gasteiger partial charge >= 0.3 is 0 Å². The topological polar surface area (TPSA) is 28.2 Å². The van der Waals surface area contributed by atoms with Crippen molar-refractivity contribution in [2.45, 2.75) is 64.5 Å². The van der Waals surface area contributed by atoms with Gasteiger partial charge < -0.3 is 10.2 Å². The number of aromatic nitrogens is 1. The van der Waals surface area contributed by atoms with Crippen molar-refractivity contribution < 1.29 is 0 Å². The molecule has 4 heteroatoms. The van der Waals surface area contributed by atoms with Gasteiger partial charge in [-0.05, 0) is 45.1 Å². The van der Waals surface area contributed by atoms with Gasteiger partial charge in [0.2, 0.25) is 0 Å². The molecular weight excluding hydrogens is 254 g/mol. The van der Waals surface area contributed by atoms with Crippen LogP contribution in [0.25, 0.3) is 0 Å². The zero-order chi connectivity index (χ0) is 13.2. The minimum atomic E-state index is 0.501. The summed E-state index contributed by atoms with van der Waals surface area (Å²) in [5.74, 6) is 0. The van der Waals surface area contributed by atoms with Gasteiger partial charge in [0.05, 0.1) is 11.7 Å². The van der Waals surface area contributed by atoms with Gasteiger partial charge in [0, 0.05) is 17.5 Å². The Labute approximate surface area is 120 Å². The molecule has 3 nitrogen and oxygen atoms in total. The highest BCUT2D eigenvalue weighted by molar-refractivity contribution is 7.15. The molecule has 2 aliphatic rings. The number of hydrogen-bond acceptors (Lipinski definition) is 4. The van der Waals surface area contributed by atoms with Crippen LogP contribution in [0, 0.1) is 0 Å². The van der Waals surface area contributed by atoms with E-state index in [4.69, 9.17) is 4.98 Å². The first kappa shape index (κ1) is 13.4. The summed E-state index contributed by atoms with van der Waals surface area (Å²) < 4.78 is 0. The first-order chi connectivity index (χ1) is 9.33. The predicted octanol–water partition coefficient (Wildman–Crippen LogP) is 3.51. The standard InChI is InChI=1S/C15H25N3S/c1-3-10-18(11-8-9-11)15-17-14-12(16-4-2)6-5-7-13(14)19-15/h11-12,16H,3-10H2,1-2H3. The van der Waals surface area contributed by atoms with Gasteiger partial charge in [-0.1, -0.05) is 13.8 Å². The minimum Gasteiger partial charge on any atom is -0.345 e. The summed E-state index contributed by atoms with van der Waals surface area (Å²) in [6.07, 6.45) is 7.74. The summed E-state index contributed by atoms with van der Waals surface area (Å²) in [4.78, 5) is 9.11. The Hall–Kier alpha value is -0.610. The maximum Gasteiger partial charge on any atom is 0.186 e. The number of rotatable bonds is 6. The largest absolute Gasteiger partial charge is 0.345 e. The Morgan fingerprint density at radius 3 is 2.84 bits per heavy atom. The van der Waals surface area contributed by atoms with Crippen LogP contribution in [0.15, 0.2) is 0 Å². The number of thiazole rings is 1. The molecule has 0 amide bonds. The van der Waals surface area contributed by atoms with Gasteiger partial charge in [-0.15, -0.1) is 11.3 Å². The lowest BCUT2D eigenvalue weighted by Crippen LogP contribution is -2.27.